The molecular weight excluding hydrogens is 276 g/mol. The average Bonchev–Trinajstić information content (AvgIpc) is 2.89. The molecule has 0 bridgehead atoms. The molecule has 0 unspecified atom stereocenters. The summed E-state index contributed by atoms with van der Waals surface area (Å²) in [6, 6.07) is 10.2. The molecule has 0 atom stereocenters. The van der Waals surface area contributed by atoms with Crippen LogP contribution in [0.2, 0.25) is 0 Å². The molecule has 1 fully saturated rings. The van der Waals surface area contributed by atoms with Crippen LogP contribution < -0.4 is 5.32 Å². The minimum Gasteiger partial charge on any atom is -0.352 e. The van der Waals surface area contributed by atoms with Gasteiger partial charge in [0.15, 0.2) is 5.82 Å². The Bertz CT molecular complexity index is 629. The zero-order valence-corrected chi connectivity index (χ0v) is 13.0. The third kappa shape index (κ3) is 3.53. The Morgan fingerprint density at radius 1 is 1.23 bits per heavy atom. The number of rotatable bonds is 4. The largest absolute Gasteiger partial charge is 0.352 e. The molecule has 1 N–H and O–H groups in total. The number of carbonyl (C=O) groups is 1. The van der Waals surface area contributed by atoms with Gasteiger partial charge in [-0.05, 0) is 19.8 Å². The molecule has 22 heavy (non-hydrogen) atoms. The first-order valence-electron chi connectivity index (χ1n) is 7.98. The van der Waals surface area contributed by atoms with Crippen molar-refractivity contribution in [2.24, 2.45) is 0 Å². The predicted octanol–water partition coefficient (Wildman–Crippen LogP) is 2.70. The van der Waals surface area contributed by atoms with Crippen LogP contribution in [0.4, 0.5) is 0 Å². The maximum Gasteiger partial charge on any atom is 0.242 e. The van der Waals surface area contributed by atoms with E-state index in [2.05, 4.69) is 15.4 Å². The lowest BCUT2D eigenvalue weighted by Gasteiger charge is -2.22. The van der Waals surface area contributed by atoms with E-state index in [1.807, 2.05) is 37.3 Å². The van der Waals surface area contributed by atoms with Crippen molar-refractivity contribution < 1.29 is 4.79 Å². The summed E-state index contributed by atoms with van der Waals surface area (Å²) in [6.07, 6.45) is 5.89. The van der Waals surface area contributed by atoms with Crippen LogP contribution in [0, 0.1) is 6.92 Å². The number of hydrogen-bond donors (Lipinski definition) is 1. The van der Waals surface area contributed by atoms with Gasteiger partial charge in [-0.3, -0.25) is 4.79 Å². The highest BCUT2D eigenvalue weighted by Crippen LogP contribution is 2.18. The van der Waals surface area contributed by atoms with Gasteiger partial charge in [-0.1, -0.05) is 49.6 Å². The summed E-state index contributed by atoms with van der Waals surface area (Å²) in [7, 11) is 0. The van der Waals surface area contributed by atoms with Gasteiger partial charge < -0.3 is 5.32 Å². The molecule has 0 spiro atoms. The van der Waals surface area contributed by atoms with Crippen molar-refractivity contribution in [1.29, 1.82) is 0 Å². The monoisotopic (exact) mass is 298 g/mol. The Balaban J connectivity index is 1.71. The highest BCUT2D eigenvalue weighted by Gasteiger charge is 2.18. The second-order valence-electron chi connectivity index (χ2n) is 5.91. The topological polar surface area (TPSA) is 59.8 Å². The molecule has 0 radical (unpaired) electrons. The highest BCUT2D eigenvalue weighted by molar-refractivity contribution is 5.76. The highest BCUT2D eigenvalue weighted by atomic mass is 16.2. The van der Waals surface area contributed by atoms with Crippen molar-refractivity contribution in [3.05, 3.63) is 36.2 Å². The molecule has 0 aliphatic heterocycles. The van der Waals surface area contributed by atoms with E-state index in [-0.39, 0.29) is 12.5 Å². The fourth-order valence-corrected chi connectivity index (χ4v) is 3.02. The van der Waals surface area contributed by atoms with E-state index in [0.717, 1.165) is 24.2 Å². The fourth-order valence-electron chi connectivity index (χ4n) is 3.02. The molecule has 5 heteroatoms. The Labute approximate surface area is 130 Å². The van der Waals surface area contributed by atoms with E-state index in [1.165, 1.54) is 19.3 Å². The lowest BCUT2D eigenvalue weighted by atomic mass is 9.95. The molecule has 1 amide bonds. The molecule has 116 valence electrons. The summed E-state index contributed by atoms with van der Waals surface area (Å²) >= 11 is 0. The van der Waals surface area contributed by atoms with Gasteiger partial charge in [0.25, 0.3) is 0 Å². The number of carbonyl (C=O) groups excluding carboxylic acids is 1. The van der Waals surface area contributed by atoms with Crippen LogP contribution >= 0.6 is 0 Å². The van der Waals surface area contributed by atoms with Gasteiger partial charge in [-0.15, -0.1) is 0 Å². The zero-order chi connectivity index (χ0) is 15.4. The van der Waals surface area contributed by atoms with Crippen LogP contribution in [0.1, 0.15) is 37.9 Å². The Hall–Kier alpha value is -2.17. The Morgan fingerprint density at radius 2 is 1.95 bits per heavy atom. The van der Waals surface area contributed by atoms with E-state index in [0.29, 0.717) is 11.9 Å². The van der Waals surface area contributed by atoms with Gasteiger partial charge >= 0.3 is 0 Å². The molecule has 0 saturated heterocycles. The second kappa shape index (κ2) is 6.73. The van der Waals surface area contributed by atoms with Gasteiger partial charge in [-0.25, -0.2) is 9.67 Å². The number of hydrogen-bond acceptors (Lipinski definition) is 3. The first kappa shape index (κ1) is 14.8. The minimum atomic E-state index is 0.0222. The van der Waals surface area contributed by atoms with E-state index in [4.69, 9.17) is 0 Å². The number of aryl methyl sites for hydroxylation is 1. The SMILES string of the molecule is Cc1nc(-c2ccccc2)n(CC(=O)NC2CCCCC2)n1. The molecule has 1 aliphatic carbocycles. The van der Waals surface area contributed by atoms with E-state index in [1.54, 1.807) is 4.68 Å². The van der Waals surface area contributed by atoms with Crippen LogP contribution in [0.15, 0.2) is 30.3 Å². The van der Waals surface area contributed by atoms with Crippen molar-refractivity contribution in [1.82, 2.24) is 20.1 Å². The van der Waals surface area contributed by atoms with Crippen LogP contribution in [0.5, 0.6) is 0 Å². The van der Waals surface area contributed by atoms with E-state index >= 15 is 0 Å². The van der Waals surface area contributed by atoms with E-state index in [9.17, 15) is 4.79 Å². The first-order chi connectivity index (χ1) is 10.7. The van der Waals surface area contributed by atoms with Gasteiger partial charge in [0.05, 0.1) is 0 Å². The second-order valence-corrected chi connectivity index (χ2v) is 5.91. The van der Waals surface area contributed by atoms with Crippen molar-refractivity contribution in [3.63, 3.8) is 0 Å². The average molecular weight is 298 g/mol. The van der Waals surface area contributed by atoms with Crippen LogP contribution in [0.3, 0.4) is 0 Å². The Kier molecular flexibility index (Phi) is 4.51. The number of amides is 1. The van der Waals surface area contributed by atoms with Crippen LogP contribution in [-0.4, -0.2) is 26.7 Å². The van der Waals surface area contributed by atoms with E-state index < -0.39 is 0 Å². The lowest BCUT2D eigenvalue weighted by Crippen LogP contribution is -2.38. The standard InChI is InChI=1S/C17H22N4O/c1-13-18-17(14-8-4-2-5-9-14)21(20-13)12-16(22)19-15-10-6-3-7-11-15/h2,4-5,8-9,15H,3,6-7,10-12H2,1H3,(H,19,22). The molecule has 1 aliphatic rings. The minimum absolute atomic E-state index is 0.0222. The van der Waals surface area contributed by atoms with Gasteiger partial charge in [0.1, 0.15) is 12.4 Å². The summed E-state index contributed by atoms with van der Waals surface area (Å²) in [6.45, 7) is 2.07. The third-order valence-corrected chi connectivity index (χ3v) is 4.07. The van der Waals surface area contributed by atoms with Crippen molar-refractivity contribution in [2.75, 3.05) is 0 Å². The number of nitrogens with one attached hydrogen (secondary N) is 1. The molecule has 1 heterocycles. The predicted molar refractivity (Wildman–Crippen MR) is 85.2 cm³/mol. The Morgan fingerprint density at radius 3 is 2.68 bits per heavy atom. The summed E-state index contributed by atoms with van der Waals surface area (Å²) in [5.41, 5.74) is 0.980. The first-order valence-corrected chi connectivity index (χ1v) is 7.98. The molecule has 1 aromatic heterocycles. The molecule has 3 rings (SSSR count). The molecule has 5 nitrogen and oxygen atoms in total. The fraction of sp³-hybridized carbons (Fsp3) is 0.471. The third-order valence-electron chi connectivity index (χ3n) is 4.07. The number of aromatic nitrogens is 3. The summed E-state index contributed by atoms with van der Waals surface area (Å²) in [5, 5.41) is 7.49. The number of benzene rings is 1. The molecule has 2 aromatic rings. The molecular formula is C17H22N4O. The van der Waals surface area contributed by atoms with Crippen LogP contribution in [-0.2, 0) is 11.3 Å². The van der Waals surface area contributed by atoms with Crippen molar-refractivity contribution in [2.45, 2.75) is 51.6 Å². The lowest BCUT2D eigenvalue weighted by molar-refractivity contribution is -0.122. The van der Waals surface area contributed by atoms with Gasteiger partial charge in [0, 0.05) is 11.6 Å². The van der Waals surface area contributed by atoms with Crippen molar-refractivity contribution in [3.8, 4) is 11.4 Å². The van der Waals surface area contributed by atoms with Crippen LogP contribution in [0.25, 0.3) is 11.4 Å². The number of nitrogens with zero attached hydrogens (tertiary/aromatic N) is 3. The zero-order valence-electron chi connectivity index (χ0n) is 13.0. The summed E-state index contributed by atoms with van der Waals surface area (Å²) in [5.74, 6) is 1.45. The summed E-state index contributed by atoms with van der Waals surface area (Å²) < 4.78 is 1.70. The smallest absolute Gasteiger partial charge is 0.242 e. The maximum absolute atomic E-state index is 12.3. The molecule has 1 aromatic carbocycles. The summed E-state index contributed by atoms with van der Waals surface area (Å²) in [4.78, 5) is 16.7. The normalized spacial score (nSPS) is 15.7. The maximum atomic E-state index is 12.3. The van der Waals surface area contributed by atoms with Gasteiger partial charge in [0.2, 0.25) is 5.91 Å². The quantitative estimate of drug-likeness (QED) is 0.944. The molecule has 1 saturated carbocycles. The van der Waals surface area contributed by atoms with Gasteiger partial charge in [-0.2, -0.15) is 5.10 Å². The van der Waals surface area contributed by atoms with Crippen molar-refractivity contribution >= 4 is 5.91 Å².